The Kier molecular flexibility index (Phi) is 8.44. The summed E-state index contributed by atoms with van der Waals surface area (Å²) in [5, 5.41) is 23.7. The minimum atomic E-state index is -1.37. The Labute approximate surface area is 230 Å². The van der Waals surface area contributed by atoms with E-state index in [0.717, 1.165) is 44.2 Å². The molecule has 1 amide bonds. The predicted octanol–water partition coefficient (Wildman–Crippen LogP) is 5.81. The van der Waals surface area contributed by atoms with Gasteiger partial charge in [-0.25, -0.2) is 18.2 Å². The van der Waals surface area contributed by atoms with Gasteiger partial charge in [-0.2, -0.15) is 0 Å². The highest BCUT2D eigenvalue weighted by Gasteiger charge is 2.37. The first-order valence-corrected chi connectivity index (χ1v) is 14.0. The maximum Gasteiger partial charge on any atom is 0.303 e. The molecular formula is C30H34F3N3O4. The summed E-state index contributed by atoms with van der Waals surface area (Å²) < 4.78 is 44.0. The lowest BCUT2D eigenvalue weighted by molar-refractivity contribution is -0.138. The molecule has 214 valence electrons. The van der Waals surface area contributed by atoms with Crippen LogP contribution in [0.3, 0.4) is 0 Å². The molecule has 3 aromatic rings. The van der Waals surface area contributed by atoms with Crippen molar-refractivity contribution in [1.29, 1.82) is 0 Å². The predicted molar refractivity (Wildman–Crippen MR) is 142 cm³/mol. The first-order chi connectivity index (χ1) is 19.2. The maximum atomic E-state index is 14.6. The minimum Gasteiger partial charge on any atom is -0.481 e. The van der Waals surface area contributed by atoms with E-state index >= 15 is 0 Å². The smallest absolute Gasteiger partial charge is 0.303 e. The standard InChI is InChI=1S/C30H34F3N3O4/c31-20-10-8-19(9-11-20)28(39)29-35-24-15-22(32)23(33)16-25(24)36(29)27(18-4-2-1-3-5-18)30(40)34-21-12-6-17(7-13-21)14-26(37)38/h8-11,15-18,21,27-28,39H,1-7,12-14H2,(H,34,40)(H,37,38)/t17-,21-,27?,28?. The van der Waals surface area contributed by atoms with Gasteiger partial charge in [-0.15, -0.1) is 0 Å². The fraction of sp³-hybridized carbons (Fsp3) is 0.500. The molecule has 2 unspecified atom stereocenters. The molecular weight excluding hydrogens is 523 g/mol. The second-order valence-corrected chi connectivity index (χ2v) is 11.2. The SMILES string of the molecule is O=C(O)C[C@H]1CC[C@H](NC(=O)C(C2CCCCC2)n2c(C(O)c3ccc(F)cc3)nc3cc(F)c(F)cc32)CC1. The zero-order valence-corrected chi connectivity index (χ0v) is 22.2. The lowest BCUT2D eigenvalue weighted by atomic mass is 9.82. The number of aliphatic hydroxyl groups is 1. The summed E-state index contributed by atoms with van der Waals surface area (Å²) in [6.45, 7) is 0. The fourth-order valence-corrected chi connectivity index (χ4v) is 6.42. The zero-order valence-electron chi connectivity index (χ0n) is 22.2. The van der Waals surface area contributed by atoms with E-state index in [1.54, 1.807) is 4.57 Å². The topological polar surface area (TPSA) is 104 Å². The first-order valence-electron chi connectivity index (χ1n) is 14.0. The second-order valence-electron chi connectivity index (χ2n) is 11.2. The number of carbonyl (C=O) groups excluding carboxylic acids is 1. The van der Waals surface area contributed by atoms with Gasteiger partial charge < -0.3 is 20.1 Å². The van der Waals surface area contributed by atoms with E-state index in [2.05, 4.69) is 10.3 Å². The van der Waals surface area contributed by atoms with Crippen LogP contribution in [0.1, 0.15) is 87.7 Å². The zero-order chi connectivity index (χ0) is 28.4. The van der Waals surface area contributed by atoms with E-state index < -0.39 is 35.6 Å². The molecule has 2 fully saturated rings. The van der Waals surface area contributed by atoms with Crippen LogP contribution in [0.5, 0.6) is 0 Å². The molecule has 2 aliphatic carbocycles. The number of aromatic nitrogens is 2. The number of halogens is 3. The van der Waals surface area contributed by atoms with E-state index in [9.17, 15) is 27.9 Å². The number of nitrogens with one attached hydrogen (secondary N) is 1. The van der Waals surface area contributed by atoms with Gasteiger partial charge in [0.1, 0.15) is 23.8 Å². The van der Waals surface area contributed by atoms with Gasteiger partial charge in [0.25, 0.3) is 0 Å². The Morgan fingerprint density at radius 1 is 0.950 bits per heavy atom. The van der Waals surface area contributed by atoms with E-state index in [0.29, 0.717) is 31.2 Å². The molecule has 1 aromatic heterocycles. The van der Waals surface area contributed by atoms with Gasteiger partial charge in [-0.1, -0.05) is 31.4 Å². The van der Waals surface area contributed by atoms with Crippen LogP contribution in [0.4, 0.5) is 13.2 Å². The highest BCUT2D eigenvalue weighted by Crippen LogP contribution is 2.39. The monoisotopic (exact) mass is 557 g/mol. The minimum absolute atomic E-state index is 0.0579. The molecule has 5 rings (SSSR count). The van der Waals surface area contributed by atoms with Crippen molar-refractivity contribution in [3.8, 4) is 0 Å². The van der Waals surface area contributed by atoms with Crippen LogP contribution in [0, 0.1) is 29.3 Å². The number of fused-ring (bicyclic) bond motifs is 1. The average Bonchev–Trinajstić information content (AvgIpc) is 3.28. The van der Waals surface area contributed by atoms with Gasteiger partial charge in [0.15, 0.2) is 11.6 Å². The maximum absolute atomic E-state index is 14.6. The number of hydrogen-bond donors (Lipinski definition) is 3. The van der Waals surface area contributed by atoms with Crippen LogP contribution in [-0.2, 0) is 9.59 Å². The quantitative estimate of drug-likeness (QED) is 0.325. The third-order valence-electron chi connectivity index (χ3n) is 8.49. The van der Waals surface area contributed by atoms with Crippen LogP contribution in [0.2, 0.25) is 0 Å². The Balaban J connectivity index is 1.54. The van der Waals surface area contributed by atoms with Crippen molar-refractivity contribution in [3.63, 3.8) is 0 Å². The molecule has 40 heavy (non-hydrogen) atoms. The number of benzene rings is 2. The van der Waals surface area contributed by atoms with E-state index in [4.69, 9.17) is 5.11 Å². The van der Waals surface area contributed by atoms with Crippen molar-refractivity contribution in [2.24, 2.45) is 11.8 Å². The van der Waals surface area contributed by atoms with Crippen molar-refractivity contribution >= 4 is 22.9 Å². The molecule has 0 radical (unpaired) electrons. The molecule has 2 atom stereocenters. The molecule has 2 saturated carbocycles. The molecule has 0 bridgehead atoms. The van der Waals surface area contributed by atoms with Gasteiger partial charge in [-0.05, 0) is 68.1 Å². The number of hydrogen-bond acceptors (Lipinski definition) is 4. The summed E-state index contributed by atoms with van der Waals surface area (Å²) in [5.74, 6) is -3.76. The molecule has 1 heterocycles. The van der Waals surface area contributed by atoms with Crippen LogP contribution in [0.15, 0.2) is 36.4 Å². The van der Waals surface area contributed by atoms with E-state index in [1.807, 2.05) is 0 Å². The first kappa shape index (κ1) is 28.1. The summed E-state index contributed by atoms with van der Waals surface area (Å²) in [7, 11) is 0. The Bertz CT molecular complexity index is 1360. The molecule has 2 aliphatic rings. The number of nitrogens with zero attached hydrogens (tertiary/aromatic N) is 2. The number of carboxylic acids is 1. The average molecular weight is 558 g/mol. The molecule has 0 aliphatic heterocycles. The number of rotatable bonds is 8. The normalized spacial score (nSPS) is 21.7. The molecule has 2 aromatic carbocycles. The van der Waals surface area contributed by atoms with Crippen molar-refractivity contribution in [2.75, 3.05) is 0 Å². The number of aliphatic hydroxyl groups excluding tert-OH is 1. The molecule has 0 saturated heterocycles. The van der Waals surface area contributed by atoms with Gasteiger partial charge in [-0.3, -0.25) is 9.59 Å². The van der Waals surface area contributed by atoms with Crippen molar-refractivity contribution in [2.45, 2.75) is 82.4 Å². The fourth-order valence-electron chi connectivity index (χ4n) is 6.42. The molecule has 10 heteroatoms. The van der Waals surface area contributed by atoms with Crippen molar-refractivity contribution < 1.29 is 33.0 Å². The van der Waals surface area contributed by atoms with Gasteiger partial charge in [0, 0.05) is 24.6 Å². The van der Waals surface area contributed by atoms with Crippen LogP contribution < -0.4 is 5.32 Å². The lowest BCUT2D eigenvalue weighted by Crippen LogP contribution is -2.44. The van der Waals surface area contributed by atoms with Crippen LogP contribution in [0.25, 0.3) is 11.0 Å². The Morgan fingerprint density at radius 3 is 2.25 bits per heavy atom. The largest absolute Gasteiger partial charge is 0.481 e. The number of carboxylic acid groups (broad SMARTS) is 1. The van der Waals surface area contributed by atoms with Crippen molar-refractivity contribution in [3.05, 3.63) is 65.2 Å². The van der Waals surface area contributed by atoms with E-state index in [1.165, 1.54) is 24.3 Å². The number of carbonyl (C=O) groups is 2. The highest BCUT2D eigenvalue weighted by molar-refractivity contribution is 5.85. The van der Waals surface area contributed by atoms with Crippen LogP contribution >= 0.6 is 0 Å². The van der Waals surface area contributed by atoms with Gasteiger partial charge in [0.05, 0.1) is 11.0 Å². The molecule has 0 spiro atoms. The summed E-state index contributed by atoms with van der Waals surface area (Å²) in [6.07, 6.45) is 5.79. The Morgan fingerprint density at radius 2 is 1.60 bits per heavy atom. The molecule has 7 nitrogen and oxygen atoms in total. The third-order valence-corrected chi connectivity index (χ3v) is 8.49. The lowest BCUT2D eigenvalue weighted by Gasteiger charge is -2.35. The number of imidazole rings is 1. The van der Waals surface area contributed by atoms with Gasteiger partial charge in [0.2, 0.25) is 5.91 Å². The summed E-state index contributed by atoms with van der Waals surface area (Å²) in [5.41, 5.74) is 0.641. The summed E-state index contributed by atoms with van der Waals surface area (Å²) in [6, 6.07) is 6.23. The highest BCUT2D eigenvalue weighted by atomic mass is 19.2. The Hall–Kier alpha value is -3.40. The van der Waals surface area contributed by atoms with Crippen molar-refractivity contribution in [1.82, 2.24) is 14.9 Å². The number of amides is 1. The second kappa shape index (κ2) is 12.0. The summed E-state index contributed by atoms with van der Waals surface area (Å²) >= 11 is 0. The van der Waals surface area contributed by atoms with Crippen LogP contribution in [-0.4, -0.2) is 37.7 Å². The number of aliphatic carboxylic acids is 1. The summed E-state index contributed by atoms with van der Waals surface area (Å²) in [4.78, 5) is 29.7. The van der Waals surface area contributed by atoms with Gasteiger partial charge >= 0.3 is 5.97 Å². The molecule has 3 N–H and O–H groups in total. The third kappa shape index (κ3) is 6.01. The van der Waals surface area contributed by atoms with E-state index in [-0.39, 0.29) is 47.1 Å².